The minimum Gasteiger partial charge on any atom is -0.358 e. The summed E-state index contributed by atoms with van der Waals surface area (Å²) in [5.41, 5.74) is 1.43. The van der Waals surface area contributed by atoms with Crippen molar-refractivity contribution in [2.45, 2.75) is 18.9 Å². The summed E-state index contributed by atoms with van der Waals surface area (Å²) < 4.78 is 1.79. The van der Waals surface area contributed by atoms with Crippen LogP contribution in [0.1, 0.15) is 18.9 Å². The van der Waals surface area contributed by atoms with E-state index >= 15 is 0 Å². The lowest BCUT2D eigenvalue weighted by molar-refractivity contribution is -0.389. The van der Waals surface area contributed by atoms with Gasteiger partial charge in [0.2, 0.25) is 0 Å². The fraction of sp³-hybridized carbons (Fsp3) is 0.400. The van der Waals surface area contributed by atoms with Crippen molar-refractivity contribution >= 4 is 5.82 Å². The molecule has 1 aliphatic rings. The van der Waals surface area contributed by atoms with E-state index in [0.29, 0.717) is 5.56 Å². The van der Waals surface area contributed by atoms with E-state index in [0.717, 1.165) is 31.5 Å². The molecule has 0 N–H and O–H groups in total. The second-order valence-corrected chi connectivity index (χ2v) is 5.50. The lowest BCUT2D eigenvalue weighted by Crippen LogP contribution is -2.31. The van der Waals surface area contributed by atoms with Crippen LogP contribution < -0.4 is 0 Å². The molecule has 0 atom stereocenters. The Labute approximate surface area is 123 Å². The zero-order valence-electron chi connectivity index (χ0n) is 12.0. The Balaban J connectivity index is 1.95. The molecule has 0 unspecified atom stereocenters. The van der Waals surface area contributed by atoms with Gasteiger partial charge in [-0.15, -0.1) is 0 Å². The first kappa shape index (κ1) is 13.8. The lowest BCUT2D eigenvalue weighted by atomic mass is 10.1. The van der Waals surface area contributed by atoms with Crippen molar-refractivity contribution < 1.29 is 4.92 Å². The molecule has 0 radical (unpaired) electrons. The Morgan fingerprint density at radius 1 is 1.24 bits per heavy atom. The predicted octanol–water partition coefficient (Wildman–Crippen LogP) is 2.73. The quantitative estimate of drug-likeness (QED) is 0.643. The van der Waals surface area contributed by atoms with Gasteiger partial charge in [0.1, 0.15) is 5.56 Å². The van der Waals surface area contributed by atoms with Gasteiger partial charge in [-0.1, -0.05) is 30.3 Å². The minimum atomic E-state index is -0.395. The van der Waals surface area contributed by atoms with Crippen molar-refractivity contribution in [1.29, 1.82) is 0 Å². The van der Waals surface area contributed by atoms with Gasteiger partial charge in [-0.05, 0) is 43.5 Å². The molecule has 1 aliphatic heterocycles. The molecule has 21 heavy (non-hydrogen) atoms. The highest BCUT2D eigenvalue weighted by Gasteiger charge is 2.27. The minimum absolute atomic E-state index is 0.0554. The van der Waals surface area contributed by atoms with E-state index in [1.807, 2.05) is 36.5 Å². The normalized spacial score (nSPS) is 17.0. The van der Waals surface area contributed by atoms with E-state index in [1.54, 1.807) is 4.68 Å². The van der Waals surface area contributed by atoms with Crippen LogP contribution in [0.15, 0.2) is 36.5 Å². The Kier molecular flexibility index (Phi) is 3.70. The number of hydrogen-bond acceptors (Lipinski definition) is 4. The first-order chi connectivity index (χ1) is 10.1. The zero-order chi connectivity index (χ0) is 14.8. The number of nitro groups is 1. The second kappa shape index (κ2) is 5.65. The first-order valence-electron chi connectivity index (χ1n) is 7.12. The Bertz CT molecular complexity index is 630. The number of likely N-dealkylation sites (tertiary alicyclic amines) is 1. The second-order valence-electron chi connectivity index (χ2n) is 5.50. The molecule has 2 aromatic rings. The third-order valence-corrected chi connectivity index (χ3v) is 4.03. The summed E-state index contributed by atoms with van der Waals surface area (Å²) in [6.07, 6.45) is 3.77. The highest BCUT2D eigenvalue weighted by Crippen LogP contribution is 2.31. The molecular formula is C15H18N4O2. The average Bonchev–Trinajstić information content (AvgIpc) is 2.94. The monoisotopic (exact) mass is 286 g/mol. The summed E-state index contributed by atoms with van der Waals surface area (Å²) in [6.45, 7) is 2.00. The van der Waals surface area contributed by atoms with Crippen LogP contribution in [0.25, 0.3) is 11.1 Å². The van der Waals surface area contributed by atoms with Crippen LogP contribution in [0, 0.1) is 10.1 Å². The highest BCUT2D eigenvalue weighted by molar-refractivity contribution is 5.70. The molecule has 6 heteroatoms. The fourth-order valence-electron chi connectivity index (χ4n) is 2.78. The molecule has 0 saturated carbocycles. The molecule has 3 rings (SSSR count). The van der Waals surface area contributed by atoms with Gasteiger partial charge >= 0.3 is 5.82 Å². The average molecular weight is 286 g/mol. The first-order valence-corrected chi connectivity index (χ1v) is 7.12. The summed E-state index contributed by atoms with van der Waals surface area (Å²) in [5, 5.41) is 15.5. The summed E-state index contributed by atoms with van der Waals surface area (Å²) in [5.74, 6) is -0.0554. The van der Waals surface area contributed by atoms with Gasteiger partial charge in [0.15, 0.2) is 0 Å². The number of benzene rings is 1. The van der Waals surface area contributed by atoms with Crippen LogP contribution in [0.2, 0.25) is 0 Å². The summed E-state index contributed by atoms with van der Waals surface area (Å²) in [7, 11) is 2.09. The molecule has 1 aromatic carbocycles. The van der Waals surface area contributed by atoms with Crippen LogP contribution in [0.5, 0.6) is 0 Å². The molecule has 2 heterocycles. The number of piperidine rings is 1. The molecule has 110 valence electrons. The Hall–Kier alpha value is -2.21. The van der Waals surface area contributed by atoms with Crippen LogP contribution in [-0.2, 0) is 0 Å². The predicted molar refractivity (Wildman–Crippen MR) is 80.1 cm³/mol. The fourth-order valence-corrected chi connectivity index (χ4v) is 2.78. The molecular weight excluding hydrogens is 268 g/mol. The lowest BCUT2D eigenvalue weighted by Gasteiger charge is -2.27. The maximum atomic E-state index is 11.3. The van der Waals surface area contributed by atoms with E-state index in [1.165, 1.54) is 0 Å². The Morgan fingerprint density at radius 3 is 2.52 bits per heavy atom. The number of rotatable bonds is 3. The summed E-state index contributed by atoms with van der Waals surface area (Å²) >= 11 is 0. The third kappa shape index (κ3) is 2.80. The summed E-state index contributed by atoms with van der Waals surface area (Å²) in [4.78, 5) is 13.1. The topological polar surface area (TPSA) is 64.2 Å². The molecule has 0 bridgehead atoms. The third-order valence-electron chi connectivity index (χ3n) is 4.03. The van der Waals surface area contributed by atoms with E-state index in [4.69, 9.17) is 0 Å². The standard InChI is InChI=1S/C15H18N4O2/c1-17-9-7-13(8-10-17)18-11-14(15(16-18)19(20)21)12-5-3-2-4-6-12/h2-6,11,13H,7-10H2,1H3. The van der Waals surface area contributed by atoms with Crippen LogP contribution >= 0.6 is 0 Å². The highest BCUT2D eigenvalue weighted by atomic mass is 16.6. The Morgan fingerprint density at radius 2 is 1.90 bits per heavy atom. The zero-order valence-corrected chi connectivity index (χ0v) is 12.0. The molecule has 0 amide bonds. The van der Waals surface area contributed by atoms with E-state index in [2.05, 4.69) is 17.0 Å². The largest absolute Gasteiger partial charge is 0.397 e. The van der Waals surface area contributed by atoms with Crippen LogP contribution in [0.3, 0.4) is 0 Å². The maximum absolute atomic E-state index is 11.3. The van der Waals surface area contributed by atoms with Crippen molar-refractivity contribution in [3.8, 4) is 11.1 Å². The molecule has 0 spiro atoms. The SMILES string of the molecule is CN1CCC(n2cc(-c3ccccc3)c([N+](=O)[O-])n2)CC1. The van der Waals surface area contributed by atoms with Gasteiger partial charge < -0.3 is 15.0 Å². The van der Waals surface area contributed by atoms with Crippen molar-refractivity contribution in [3.63, 3.8) is 0 Å². The molecule has 1 fully saturated rings. The van der Waals surface area contributed by atoms with E-state index in [-0.39, 0.29) is 11.9 Å². The van der Waals surface area contributed by atoms with Gasteiger partial charge in [0.05, 0.1) is 17.3 Å². The van der Waals surface area contributed by atoms with Crippen molar-refractivity contribution in [1.82, 2.24) is 14.7 Å². The molecule has 1 aromatic heterocycles. The number of hydrogen-bond donors (Lipinski definition) is 0. The molecule has 0 aliphatic carbocycles. The van der Waals surface area contributed by atoms with Crippen molar-refractivity contribution in [2.24, 2.45) is 0 Å². The van der Waals surface area contributed by atoms with Gasteiger partial charge in [-0.2, -0.15) is 4.68 Å². The van der Waals surface area contributed by atoms with Crippen LogP contribution in [0.4, 0.5) is 5.82 Å². The number of nitrogens with zero attached hydrogens (tertiary/aromatic N) is 4. The van der Waals surface area contributed by atoms with Crippen molar-refractivity contribution in [2.75, 3.05) is 20.1 Å². The van der Waals surface area contributed by atoms with Gasteiger partial charge in [0.25, 0.3) is 0 Å². The van der Waals surface area contributed by atoms with E-state index in [9.17, 15) is 10.1 Å². The maximum Gasteiger partial charge on any atom is 0.397 e. The van der Waals surface area contributed by atoms with Gasteiger partial charge in [-0.3, -0.25) is 0 Å². The van der Waals surface area contributed by atoms with E-state index < -0.39 is 4.92 Å². The smallest absolute Gasteiger partial charge is 0.358 e. The van der Waals surface area contributed by atoms with Gasteiger partial charge in [0, 0.05) is 0 Å². The van der Waals surface area contributed by atoms with Crippen molar-refractivity contribution in [3.05, 3.63) is 46.6 Å². The molecule has 1 saturated heterocycles. The van der Waals surface area contributed by atoms with Crippen LogP contribution in [-0.4, -0.2) is 39.7 Å². The molecule has 6 nitrogen and oxygen atoms in total. The van der Waals surface area contributed by atoms with Gasteiger partial charge in [-0.25, -0.2) is 0 Å². The summed E-state index contributed by atoms with van der Waals surface area (Å²) in [6, 6.07) is 9.66. The number of aromatic nitrogens is 2.